The topological polar surface area (TPSA) is 24.1 Å². The van der Waals surface area contributed by atoms with Crippen LogP contribution in [0.15, 0.2) is 47.9 Å². The van der Waals surface area contributed by atoms with E-state index in [4.69, 9.17) is 0 Å². The van der Waals surface area contributed by atoms with Crippen LogP contribution in [0.4, 0.5) is 0 Å². The van der Waals surface area contributed by atoms with Crippen LogP contribution in [0, 0.1) is 0 Å². The Hall–Kier alpha value is -1.44. The molecule has 0 unspecified atom stereocenters. The molecule has 0 aromatic rings. The molecule has 2 heteroatoms. The average Bonchev–Trinajstić information content (AvgIpc) is 2.27. The zero-order valence-electron chi connectivity index (χ0n) is 11.1. The first-order chi connectivity index (χ1) is 8.09. The van der Waals surface area contributed by atoms with E-state index in [1.54, 1.807) is 0 Å². The summed E-state index contributed by atoms with van der Waals surface area (Å²) in [6, 6.07) is 0. The van der Waals surface area contributed by atoms with Gasteiger partial charge in [-0.05, 0) is 38.7 Å². The molecule has 1 rings (SSSR count). The van der Waals surface area contributed by atoms with Crippen molar-refractivity contribution in [2.24, 2.45) is 0 Å². The van der Waals surface area contributed by atoms with E-state index in [1.807, 2.05) is 6.92 Å². The van der Waals surface area contributed by atoms with Crippen molar-refractivity contribution in [2.75, 3.05) is 13.1 Å². The van der Waals surface area contributed by atoms with Gasteiger partial charge in [-0.1, -0.05) is 30.9 Å². The summed E-state index contributed by atoms with van der Waals surface area (Å²) in [6.45, 7) is 14.0. The van der Waals surface area contributed by atoms with E-state index in [1.165, 1.54) is 24.1 Å². The highest BCUT2D eigenvalue weighted by molar-refractivity contribution is 5.30. The highest BCUT2D eigenvalue weighted by atomic mass is 14.9. The summed E-state index contributed by atoms with van der Waals surface area (Å²) in [4.78, 5) is 0. The molecule has 0 radical (unpaired) electrons. The van der Waals surface area contributed by atoms with Gasteiger partial charge in [-0.15, -0.1) is 0 Å². The van der Waals surface area contributed by atoms with Crippen LogP contribution >= 0.6 is 0 Å². The lowest BCUT2D eigenvalue weighted by molar-refractivity contribution is 0.671. The van der Waals surface area contributed by atoms with Crippen molar-refractivity contribution < 1.29 is 0 Å². The lowest BCUT2D eigenvalue weighted by Crippen LogP contribution is -2.19. The molecule has 0 fully saturated rings. The molecule has 1 aliphatic rings. The Balaban J connectivity index is 2.37. The quantitative estimate of drug-likeness (QED) is 0.687. The van der Waals surface area contributed by atoms with E-state index < -0.39 is 0 Å². The van der Waals surface area contributed by atoms with Gasteiger partial charge in [0, 0.05) is 24.5 Å². The maximum Gasteiger partial charge on any atom is 0.0183 e. The fourth-order valence-corrected chi connectivity index (χ4v) is 1.80. The molecule has 2 N–H and O–H groups in total. The van der Waals surface area contributed by atoms with Gasteiger partial charge < -0.3 is 10.6 Å². The predicted octanol–water partition coefficient (Wildman–Crippen LogP) is 3.27. The second kappa shape index (κ2) is 7.00. The van der Waals surface area contributed by atoms with Gasteiger partial charge in [0.05, 0.1) is 0 Å². The van der Waals surface area contributed by atoms with Gasteiger partial charge in [0.25, 0.3) is 0 Å². The number of rotatable bonds is 6. The smallest absolute Gasteiger partial charge is 0.0183 e. The van der Waals surface area contributed by atoms with E-state index in [2.05, 4.69) is 42.9 Å². The molecule has 0 aliphatic carbocycles. The van der Waals surface area contributed by atoms with Crippen LogP contribution in [-0.4, -0.2) is 13.1 Å². The molecule has 1 heterocycles. The third kappa shape index (κ3) is 5.43. The molecule has 0 saturated carbocycles. The molecular weight excluding hydrogens is 208 g/mol. The van der Waals surface area contributed by atoms with Crippen molar-refractivity contribution >= 4 is 0 Å². The summed E-state index contributed by atoms with van der Waals surface area (Å²) < 4.78 is 0. The first-order valence-electron chi connectivity index (χ1n) is 6.28. The lowest BCUT2D eigenvalue weighted by atomic mass is 10.0. The molecule has 0 amide bonds. The minimum absolute atomic E-state index is 0.911. The minimum atomic E-state index is 0.911. The van der Waals surface area contributed by atoms with E-state index in [-0.39, 0.29) is 0 Å². The van der Waals surface area contributed by atoms with Crippen molar-refractivity contribution in [1.82, 2.24) is 10.6 Å². The van der Waals surface area contributed by atoms with Crippen molar-refractivity contribution in [3.8, 4) is 0 Å². The maximum atomic E-state index is 4.06. The summed E-state index contributed by atoms with van der Waals surface area (Å²) in [6.07, 6.45) is 7.69. The SMILES string of the molecule is C=C(/C=C\C1=C(C)NCCC1)CCNC(=C)C. The third-order valence-corrected chi connectivity index (χ3v) is 2.89. The van der Waals surface area contributed by atoms with Crippen molar-refractivity contribution in [3.05, 3.63) is 47.9 Å². The van der Waals surface area contributed by atoms with Gasteiger partial charge in [0.1, 0.15) is 0 Å². The molecule has 17 heavy (non-hydrogen) atoms. The summed E-state index contributed by atoms with van der Waals surface area (Å²) in [7, 11) is 0. The predicted molar refractivity (Wildman–Crippen MR) is 75.7 cm³/mol. The highest BCUT2D eigenvalue weighted by Gasteiger charge is 2.04. The summed E-state index contributed by atoms with van der Waals surface area (Å²) in [5, 5.41) is 6.60. The van der Waals surface area contributed by atoms with Crippen molar-refractivity contribution in [1.29, 1.82) is 0 Å². The van der Waals surface area contributed by atoms with E-state index in [9.17, 15) is 0 Å². The Kier molecular flexibility index (Phi) is 5.61. The molecule has 0 saturated heterocycles. The first kappa shape index (κ1) is 13.6. The molecule has 1 aliphatic heterocycles. The standard InChI is InChI=1S/C15H24N2/c1-12(2)16-11-9-13(3)7-8-15-6-5-10-17-14(15)4/h7-8,16-17H,1,3,5-6,9-11H2,2,4H3/b8-7-. The van der Waals surface area contributed by atoms with Gasteiger partial charge in [0.15, 0.2) is 0 Å². The minimum Gasteiger partial charge on any atom is -0.389 e. The molecule has 94 valence electrons. The molecule has 0 aromatic carbocycles. The second-order valence-corrected chi connectivity index (χ2v) is 4.63. The van der Waals surface area contributed by atoms with Gasteiger partial charge in [-0.3, -0.25) is 0 Å². The Labute approximate surface area is 105 Å². The first-order valence-corrected chi connectivity index (χ1v) is 6.28. The van der Waals surface area contributed by atoms with Gasteiger partial charge in [-0.2, -0.15) is 0 Å². The molecule has 2 nitrogen and oxygen atoms in total. The summed E-state index contributed by atoms with van der Waals surface area (Å²) in [5.74, 6) is 0. The Bertz CT molecular complexity index is 348. The van der Waals surface area contributed by atoms with Crippen LogP contribution in [0.1, 0.15) is 33.1 Å². The fraction of sp³-hybridized carbons (Fsp3) is 0.467. The summed E-state index contributed by atoms with van der Waals surface area (Å²) >= 11 is 0. The van der Waals surface area contributed by atoms with Crippen LogP contribution in [0.3, 0.4) is 0 Å². The average molecular weight is 232 g/mol. The molecular formula is C15H24N2. The van der Waals surface area contributed by atoms with Crippen LogP contribution < -0.4 is 10.6 Å². The lowest BCUT2D eigenvalue weighted by Gasteiger charge is -2.17. The molecule has 0 aromatic heterocycles. The Morgan fingerprint density at radius 3 is 2.88 bits per heavy atom. The number of allylic oxidation sites excluding steroid dienone is 5. The zero-order chi connectivity index (χ0) is 12.7. The number of nitrogens with one attached hydrogen (secondary N) is 2. The largest absolute Gasteiger partial charge is 0.389 e. The third-order valence-electron chi connectivity index (χ3n) is 2.89. The van der Waals surface area contributed by atoms with Crippen LogP contribution in [0.25, 0.3) is 0 Å². The van der Waals surface area contributed by atoms with Crippen molar-refractivity contribution in [3.63, 3.8) is 0 Å². The van der Waals surface area contributed by atoms with Gasteiger partial charge in [-0.25, -0.2) is 0 Å². The van der Waals surface area contributed by atoms with Gasteiger partial charge in [0.2, 0.25) is 0 Å². The van der Waals surface area contributed by atoms with Crippen LogP contribution in [0.2, 0.25) is 0 Å². The molecule has 0 spiro atoms. The van der Waals surface area contributed by atoms with Gasteiger partial charge >= 0.3 is 0 Å². The van der Waals surface area contributed by atoms with E-state index in [0.717, 1.165) is 30.8 Å². The highest BCUT2D eigenvalue weighted by Crippen LogP contribution is 2.16. The number of hydrogen-bond donors (Lipinski definition) is 2. The second-order valence-electron chi connectivity index (χ2n) is 4.63. The van der Waals surface area contributed by atoms with E-state index >= 15 is 0 Å². The zero-order valence-corrected chi connectivity index (χ0v) is 11.1. The fourth-order valence-electron chi connectivity index (χ4n) is 1.80. The number of hydrogen-bond acceptors (Lipinski definition) is 2. The molecule has 0 atom stereocenters. The maximum absolute atomic E-state index is 4.06. The Morgan fingerprint density at radius 2 is 2.24 bits per heavy atom. The van der Waals surface area contributed by atoms with Crippen LogP contribution in [0.5, 0.6) is 0 Å². The van der Waals surface area contributed by atoms with Crippen molar-refractivity contribution in [2.45, 2.75) is 33.1 Å². The van der Waals surface area contributed by atoms with E-state index in [0.29, 0.717) is 0 Å². The van der Waals surface area contributed by atoms with Crippen LogP contribution in [-0.2, 0) is 0 Å². The molecule has 0 bridgehead atoms. The normalized spacial score (nSPS) is 15.9. The summed E-state index contributed by atoms with van der Waals surface area (Å²) in [5.41, 5.74) is 4.88. The Morgan fingerprint density at radius 1 is 1.47 bits per heavy atom. The monoisotopic (exact) mass is 232 g/mol.